The number of fused-ring (bicyclic) bond motifs is 2. The zero-order chi connectivity index (χ0) is 24.5. The van der Waals surface area contributed by atoms with E-state index in [4.69, 9.17) is 4.74 Å². The third kappa shape index (κ3) is 4.77. The van der Waals surface area contributed by atoms with Crippen molar-refractivity contribution >= 4 is 39.2 Å². The Balaban J connectivity index is 1.15. The summed E-state index contributed by atoms with van der Waals surface area (Å²) in [7, 11) is 2.08. The zero-order valence-corrected chi connectivity index (χ0v) is 20.8. The van der Waals surface area contributed by atoms with Crippen molar-refractivity contribution in [2.45, 2.75) is 31.8 Å². The molecule has 1 fully saturated rings. The van der Waals surface area contributed by atoms with Crippen molar-refractivity contribution in [1.29, 1.82) is 0 Å². The summed E-state index contributed by atoms with van der Waals surface area (Å²) in [5.74, 6) is 1.82. The number of anilines is 2. The number of benzene rings is 1. The van der Waals surface area contributed by atoms with Gasteiger partial charge < -0.3 is 20.3 Å². The van der Waals surface area contributed by atoms with E-state index >= 15 is 0 Å². The number of aromatic amines is 1. The number of hydrogen-bond donors (Lipinski definition) is 4. The molecular formula is C25H28N8O2S. The van der Waals surface area contributed by atoms with Gasteiger partial charge in [-0.2, -0.15) is 5.10 Å². The van der Waals surface area contributed by atoms with Crippen molar-refractivity contribution in [3.8, 4) is 11.5 Å². The Labute approximate surface area is 212 Å². The topological polar surface area (TPSA) is 120 Å². The molecule has 1 saturated heterocycles. The van der Waals surface area contributed by atoms with Crippen LogP contribution in [0.15, 0.2) is 36.5 Å². The maximum atomic E-state index is 12.8. The van der Waals surface area contributed by atoms with Gasteiger partial charge >= 0.3 is 0 Å². The molecule has 2 aliphatic heterocycles. The zero-order valence-electron chi connectivity index (χ0n) is 20.0. The van der Waals surface area contributed by atoms with Crippen LogP contribution in [0, 0.1) is 0 Å². The standard InChI is InChI=1S/C25H28N8O2S/c1-33-12-9-20-18(14-33)29-25(36-20)30-24(34)15-4-6-17(7-5-15)35-19-8-11-27-22-21(19)23(32-31-22)28-16-3-2-10-26-13-16/h4-8,11,16,26H,2-3,9-10,12-14H2,1H3,(H,29,30,34)(H2,27,28,31,32)/t16-/m1/s1. The molecule has 36 heavy (non-hydrogen) atoms. The number of nitrogens with one attached hydrogen (secondary N) is 4. The van der Waals surface area contributed by atoms with E-state index in [2.05, 4.69) is 48.1 Å². The van der Waals surface area contributed by atoms with Crippen LogP contribution in [0.5, 0.6) is 11.5 Å². The third-order valence-electron chi connectivity index (χ3n) is 6.54. The fourth-order valence-electron chi connectivity index (χ4n) is 4.63. The van der Waals surface area contributed by atoms with Crippen LogP contribution < -0.4 is 20.7 Å². The maximum absolute atomic E-state index is 12.8. The van der Waals surface area contributed by atoms with Gasteiger partial charge in [0, 0.05) is 48.4 Å². The summed E-state index contributed by atoms with van der Waals surface area (Å²) in [6.07, 6.45) is 4.87. The van der Waals surface area contributed by atoms with Crippen molar-refractivity contribution in [2.75, 3.05) is 37.3 Å². The highest BCUT2D eigenvalue weighted by Gasteiger charge is 2.20. The highest BCUT2D eigenvalue weighted by molar-refractivity contribution is 7.15. The molecule has 0 bridgehead atoms. The van der Waals surface area contributed by atoms with Crippen LogP contribution in [0.2, 0.25) is 0 Å². The lowest BCUT2D eigenvalue weighted by atomic mass is 10.1. The lowest BCUT2D eigenvalue weighted by Crippen LogP contribution is -2.38. The van der Waals surface area contributed by atoms with Crippen LogP contribution in [0.4, 0.5) is 10.9 Å². The average Bonchev–Trinajstić information content (AvgIpc) is 3.49. The lowest BCUT2D eigenvalue weighted by Gasteiger charge is -2.23. The molecule has 1 aromatic carbocycles. The first-order chi connectivity index (χ1) is 17.6. The molecule has 11 heteroatoms. The molecule has 2 aliphatic rings. The molecule has 5 heterocycles. The summed E-state index contributed by atoms with van der Waals surface area (Å²) in [6, 6.07) is 9.23. The largest absolute Gasteiger partial charge is 0.456 e. The van der Waals surface area contributed by atoms with Gasteiger partial charge in [0.2, 0.25) is 0 Å². The van der Waals surface area contributed by atoms with Crippen molar-refractivity contribution in [3.05, 3.63) is 52.7 Å². The molecule has 0 saturated carbocycles. The summed E-state index contributed by atoms with van der Waals surface area (Å²) >= 11 is 1.56. The smallest absolute Gasteiger partial charge is 0.257 e. The maximum Gasteiger partial charge on any atom is 0.257 e. The predicted octanol–water partition coefficient (Wildman–Crippen LogP) is 3.61. The highest BCUT2D eigenvalue weighted by atomic mass is 32.1. The summed E-state index contributed by atoms with van der Waals surface area (Å²) in [4.78, 5) is 25.3. The van der Waals surface area contributed by atoms with E-state index in [1.807, 2.05) is 6.07 Å². The molecule has 0 radical (unpaired) electrons. The second-order valence-electron chi connectivity index (χ2n) is 9.25. The minimum Gasteiger partial charge on any atom is -0.456 e. The molecule has 4 aromatic rings. The molecule has 10 nitrogen and oxygen atoms in total. The van der Waals surface area contributed by atoms with Crippen molar-refractivity contribution < 1.29 is 9.53 Å². The molecule has 0 unspecified atom stereocenters. The van der Waals surface area contributed by atoms with Crippen LogP contribution in [-0.2, 0) is 13.0 Å². The Hall–Kier alpha value is -3.54. The van der Waals surface area contributed by atoms with Crippen LogP contribution in [0.1, 0.15) is 33.8 Å². The number of thiazole rings is 1. The Morgan fingerprint density at radius 1 is 1.25 bits per heavy atom. The number of carbonyl (C=O) groups is 1. The molecular weight excluding hydrogens is 476 g/mol. The fraction of sp³-hybridized carbons (Fsp3) is 0.360. The Kier molecular flexibility index (Phi) is 6.26. The van der Waals surface area contributed by atoms with E-state index in [-0.39, 0.29) is 5.91 Å². The van der Waals surface area contributed by atoms with Crippen LogP contribution in [-0.4, -0.2) is 63.7 Å². The molecule has 1 amide bonds. The number of amides is 1. The Morgan fingerprint density at radius 3 is 2.97 bits per heavy atom. The Morgan fingerprint density at radius 2 is 2.14 bits per heavy atom. The summed E-state index contributed by atoms with van der Waals surface area (Å²) in [5, 5.41) is 18.7. The number of nitrogens with zero attached hydrogens (tertiary/aromatic N) is 4. The van der Waals surface area contributed by atoms with Gasteiger partial charge in [-0.15, -0.1) is 11.3 Å². The molecule has 4 N–H and O–H groups in total. The van der Waals surface area contributed by atoms with E-state index in [0.717, 1.165) is 62.3 Å². The van der Waals surface area contributed by atoms with E-state index in [9.17, 15) is 4.79 Å². The minimum absolute atomic E-state index is 0.185. The number of pyridine rings is 1. The number of aromatic nitrogens is 4. The van der Waals surface area contributed by atoms with E-state index in [1.165, 1.54) is 4.88 Å². The number of ether oxygens (including phenoxy) is 1. The van der Waals surface area contributed by atoms with Crippen molar-refractivity contribution in [3.63, 3.8) is 0 Å². The van der Waals surface area contributed by atoms with Crippen LogP contribution >= 0.6 is 11.3 Å². The third-order valence-corrected chi connectivity index (χ3v) is 7.62. The van der Waals surface area contributed by atoms with Gasteiger partial charge in [0.1, 0.15) is 16.9 Å². The first-order valence-corrected chi connectivity index (χ1v) is 13.0. The van der Waals surface area contributed by atoms with Crippen molar-refractivity contribution in [2.24, 2.45) is 0 Å². The monoisotopic (exact) mass is 504 g/mol. The number of H-pyrrole nitrogens is 1. The van der Waals surface area contributed by atoms with Crippen molar-refractivity contribution in [1.82, 2.24) is 30.4 Å². The number of carbonyl (C=O) groups excluding carboxylic acids is 1. The lowest BCUT2D eigenvalue weighted by molar-refractivity contribution is 0.102. The van der Waals surface area contributed by atoms with E-state index in [1.54, 1.807) is 41.8 Å². The quantitative estimate of drug-likeness (QED) is 0.314. The summed E-state index contributed by atoms with van der Waals surface area (Å²) < 4.78 is 6.20. The second kappa shape index (κ2) is 9.84. The summed E-state index contributed by atoms with van der Waals surface area (Å²) in [5.41, 5.74) is 2.26. The van der Waals surface area contributed by atoms with E-state index in [0.29, 0.717) is 33.9 Å². The predicted molar refractivity (Wildman–Crippen MR) is 140 cm³/mol. The average molecular weight is 505 g/mol. The van der Waals surface area contributed by atoms with E-state index < -0.39 is 0 Å². The first-order valence-electron chi connectivity index (χ1n) is 12.2. The molecule has 0 spiro atoms. The second-order valence-corrected chi connectivity index (χ2v) is 10.3. The number of hydrogen-bond acceptors (Lipinski definition) is 9. The minimum atomic E-state index is -0.185. The molecule has 0 aliphatic carbocycles. The summed E-state index contributed by atoms with van der Waals surface area (Å²) in [6.45, 7) is 3.78. The highest BCUT2D eigenvalue weighted by Crippen LogP contribution is 2.33. The first kappa shape index (κ1) is 22.9. The van der Waals surface area contributed by atoms with Gasteiger partial charge in [-0.3, -0.25) is 15.2 Å². The van der Waals surface area contributed by atoms with Crippen LogP contribution in [0.3, 0.4) is 0 Å². The number of likely N-dealkylation sites (N-methyl/N-ethyl adjacent to an activating group) is 1. The van der Waals surface area contributed by atoms with Crippen LogP contribution in [0.25, 0.3) is 11.0 Å². The number of rotatable bonds is 6. The fourth-order valence-corrected chi connectivity index (χ4v) is 5.59. The van der Waals surface area contributed by atoms with Gasteiger partial charge in [0.15, 0.2) is 16.6 Å². The van der Waals surface area contributed by atoms with Gasteiger partial charge in [-0.25, -0.2) is 9.97 Å². The van der Waals surface area contributed by atoms with Gasteiger partial charge in [-0.05, 0) is 57.1 Å². The normalized spacial score (nSPS) is 18.1. The molecule has 3 aromatic heterocycles. The molecule has 186 valence electrons. The molecule has 1 atom stereocenters. The number of piperidine rings is 1. The van der Waals surface area contributed by atoms with Gasteiger partial charge in [0.05, 0.1) is 5.69 Å². The van der Waals surface area contributed by atoms with Gasteiger partial charge in [0.25, 0.3) is 5.91 Å². The van der Waals surface area contributed by atoms with Gasteiger partial charge in [-0.1, -0.05) is 0 Å². The molecule has 6 rings (SSSR count). The Bertz CT molecular complexity index is 1380. The SMILES string of the molecule is CN1CCc2sc(NC(=O)c3ccc(Oc4ccnc5[nH]nc(N[C@@H]6CCCNC6)c45)cc3)nc2C1.